The molecule has 0 aliphatic heterocycles. The van der Waals surface area contributed by atoms with Crippen molar-refractivity contribution in [2.24, 2.45) is 0 Å². The second-order valence-corrected chi connectivity index (χ2v) is 5.19. The van der Waals surface area contributed by atoms with Gasteiger partial charge in [0.2, 0.25) is 0 Å². The van der Waals surface area contributed by atoms with E-state index in [2.05, 4.69) is 15.2 Å². The zero-order valence-electron chi connectivity index (χ0n) is 13.0. The second-order valence-electron chi connectivity index (χ2n) is 5.19. The molecule has 2 aromatic carbocycles. The number of aromatic nitrogens is 4. The molecular weight excluding hydrogens is 311 g/mol. The Balaban J connectivity index is 1.95. The van der Waals surface area contributed by atoms with E-state index >= 15 is 0 Å². The summed E-state index contributed by atoms with van der Waals surface area (Å²) in [5.74, 6) is 1.46. The normalized spacial score (nSPS) is 11.1. The van der Waals surface area contributed by atoms with Crippen molar-refractivity contribution in [3.05, 3.63) is 48.5 Å². The number of benzene rings is 2. The molecule has 0 bridgehead atoms. The first kappa shape index (κ1) is 14.4. The van der Waals surface area contributed by atoms with Gasteiger partial charge in [-0.2, -0.15) is 0 Å². The first-order valence-electron chi connectivity index (χ1n) is 7.22. The lowest BCUT2D eigenvalue weighted by atomic mass is 10.2. The SMILES string of the molecule is COc1ccc(-c2nnc3c4cc(F)ccc4ncn23)cc1OC. The van der Waals surface area contributed by atoms with E-state index in [0.29, 0.717) is 33.9 Å². The van der Waals surface area contributed by atoms with E-state index in [1.165, 1.54) is 12.1 Å². The van der Waals surface area contributed by atoms with E-state index in [9.17, 15) is 4.39 Å². The lowest BCUT2D eigenvalue weighted by molar-refractivity contribution is 0.355. The number of ether oxygens (including phenoxy) is 2. The summed E-state index contributed by atoms with van der Waals surface area (Å²) in [7, 11) is 3.15. The van der Waals surface area contributed by atoms with Crippen LogP contribution < -0.4 is 9.47 Å². The van der Waals surface area contributed by atoms with Gasteiger partial charge in [0, 0.05) is 10.9 Å². The van der Waals surface area contributed by atoms with E-state index in [4.69, 9.17) is 9.47 Å². The van der Waals surface area contributed by atoms with Crippen LogP contribution in [0.3, 0.4) is 0 Å². The molecule has 0 fully saturated rings. The van der Waals surface area contributed by atoms with Crippen LogP contribution in [0.4, 0.5) is 4.39 Å². The van der Waals surface area contributed by atoms with Gasteiger partial charge in [-0.3, -0.25) is 4.40 Å². The van der Waals surface area contributed by atoms with Crippen LogP contribution >= 0.6 is 0 Å². The molecule has 0 amide bonds. The van der Waals surface area contributed by atoms with Gasteiger partial charge < -0.3 is 9.47 Å². The van der Waals surface area contributed by atoms with Crippen LogP contribution in [0.2, 0.25) is 0 Å². The summed E-state index contributed by atoms with van der Waals surface area (Å²) in [4.78, 5) is 4.35. The zero-order valence-corrected chi connectivity index (χ0v) is 13.0. The topological polar surface area (TPSA) is 61.5 Å². The summed E-state index contributed by atoms with van der Waals surface area (Å²) < 4.78 is 25.9. The smallest absolute Gasteiger partial charge is 0.171 e. The monoisotopic (exact) mass is 324 g/mol. The summed E-state index contributed by atoms with van der Waals surface area (Å²) >= 11 is 0. The van der Waals surface area contributed by atoms with Gasteiger partial charge >= 0.3 is 0 Å². The number of hydrogen-bond acceptors (Lipinski definition) is 5. The van der Waals surface area contributed by atoms with Crippen LogP contribution in [-0.2, 0) is 0 Å². The Bertz CT molecular complexity index is 1060. The third kappa shape index (κ3) is 2.13. The molecular formula is C17H13FN4O2. The molecule has 4 aromatic rings. The fourth-order valence-electron chi connectivity index (χ4n) is 2.68. The predicted molar refractivity (Wildman–Crippen MR) is 86.8 cm³/mol. The Hall–Kier alpha value is -3.22. The summed E-state index contributed by atoms with van der Waals surface area (Å²) in [5, 5.41) is 9.04. The Kier molecular flexibility index (Phi) is 3.26. The van der Waals surface area contributed by atoms with Crippen molar-refractivity contribution in [2.75, 3.05) is 14.2 Å². The maximum Gasteiger partial charge on any atom is 0.171 e. The van der Waals surface area contributed by atoms with Crippen molar-refractivity contribution in [2.45, 2.75) is 0 Å². The number of halogens is 1. The van der Waals surface area contributed by atoms with Gasteiger partial charge in [0.25, 0.3) is 0 Å². The number of rotatable bonds is 3. The van der Waals surface area contributed by atoms with Crippen molar-refractivity contribution in [3.8, 4) is 22.9 Å². The fraction of sp³-hybridized carbons (Fsp3) is 0.118. The van der Waals surface area contributed by atoms with Gasteiger partial charge in [0.15, 0.2) is 23.0 Å². The van der Waals surface area contributed by atoms with Crippen molar-refractivity contribution < 1.29 is 13.9 Å². The molecule has 0 atom stereocenters. The summed E-state index contributed by atoms with van der Waals surface area (Å²) in [6, 6.07) is 9.86. The molecule has 2 heterocycles. The molecule has 0 N–H and O–H groups in total. The summed E-state index contributed by atoms with van der Waals surface area (Å²) in [6.07, 6.45) is 1.63. The molecule has 0 saturated heterocycles. The first-order chi connectivity index (χ1) is 11.7. The molecule has 24 heavy (non-hydrogen) atoms. The van der Waals surface area contributed by atoms with Crippen LogP contribution in [0.25, 0.3) is 27.9 Å². The summed E-state index contributed by atoms with van der Waals surface area (Å²) in [6.45, 7) is 0. The maximum atomic E-state index is 13.6. The minimum absolute atomic E-state index is 0.340. The quantitative estimate of drug-likeness (QED) is 0.579. The number of nitrogens with zero attached hydrogens (tertiary/aromatic N) is 4. The minimum atomic E-state index is -0.340. The van der Waals surface area contributed by atoms with E-state index in [1.54, 1.807) is 37.1 Å². The highest BCUT2D eigenvalue weighted by Crippen LogP contribution is 2.32. The van der Waals surface area contributed by atoms with Crippen molar-refractivity contribution in [1.82, 2.24) is 19.6 Å². The van der Waals surface area contributed by atoms with Crippen LogP contribution in [0.5, 0.6) is 11.5 Å². The van der Waals surface area contributed by atoms with Gasteiger partial charge in [-0.15, -0.1) is 10.2 Å². The molecule has 7 heteroatoms. The molecule has 0 aliphatic rings. The highest BCUT2D eigenvalue weighted by molar-refractivity contribution is 5.91. The Labute approximate surface area is 136 Å². The van der Waals surface area contributed by atoms with E-state index in [-0.39, 0.29) is 5.82 Å². The molecule has 2 aromatic heterocycles. The summed E-state index contributed by atoms with van der Waals surface area (Å²) in [5.41, 5.74) is 2.00. The Morgan fingerprint density at radius 2 is 1.79 bits per heavy atom. The van der Waals surface area contributed by atoms with Crippen molar-refractivity contribution in [3.63, 3.8) is 0 Å². The highest BCUT2D eigenvalue weighted by atomic mass is 19.1. The predicted octanol–water partition coefficient (Wildman–Crippen LogP) is 3.10. The molecule has 0 saturated carbocycles. The molecule has 4 rings (SSSR count). The average molecular weight is 324 g/mol. The van der Waals surface area contributed by atoms with Crippen LogP contribution in [0.1, 0.15) is 0 Å². The highest BCUT2D eigenvalue weighted by Gasteiger charge is 2.14. The van der Waals surface area contributed by atoms with E-state index < -0.39 is 0 Å². The third-order valence-electron chi connectivity index (χ3n) is 3.85. The first-order valence-corrected chi connectivity index (χ1v) is 7.22. The molecule has 6 nitrogen and oxygen atoms in total. The third-order valence-corrected chi connectivity index (χ3v) is 3.85. The molecule has 0 radical (unpaired) electrons. The number of methoxy groups -OCH3 is 2. The molecule has 0 aliphatic carbocycles. The molecule has 0 spiro atoms. The fourth-order valence-corrected chi connectivity index (χ4v) is 2.68. The van der Waals surface area contributed by atoms with Gasteiger partial charge in [0.05, 0.1) is 19.7 Å². The second kappa shape index (κ2) is 5.45. The van der Waals surface area contributed by atoms with E-state index in [1.807, 2.05) is 12.1 Å². The number of fused-ring (bicyclic) bond motifs is 3. The van der Waals surface area contributed by atoms with Crippen molar-refractivity contribution >= 4 is 16.6 Å². The lowest BCUT2D eigenvalue weighted by Gasteiger charge is -2.08. The zero-order chi connectivity index (χ0) is 16.7. The standard InChI is InChI=1S/C17H13FN4O2/c1-23-14-6-3-10(7-15(14)24-2)16-20-21-17-12-8-11(18)4-5-13(12)19-9-22(16)17/h3-9H,1-2H3. The van der Waals surface area contributed by atoms with Crippen LogP contribution in [-0.4, -0.2) is 33.8 Å². The van der Waals surface area contributed by atoms with Crippen LogP contribution in [0.15, 0.2) is 42.7 Å². The van der Waals surface area contributed by atoms with Crippen molar-refractivity contribution in [1.29, 1.82) is 0 Å². The van der Waals surface area contributed by atoms with Gasteiger partial charge in [0.1, 0.15) is 12.1 Å². The van der Waals surface area contributed by atoms with E-state index in [0.717, 1.165) is 5.56 Å². The van der Waals surface area contributed by atoms with Gasteiger partial charge in [-0.1, -0.05) is 0 Å². The van der Waals surface area contributed by atoms with Gasteiger partial charge in [-0.25, -0.2) is 9.37 Å². The molecule has 0 unspecified atom stereocenters. The van der Waals surface area contributed by atoms with Gasteiger partial charge in [-0.05, 0) is 36.4 Å². The van der Waals surface area contributed by atoms with Crippen LogP contribution in [0, 0.1) is 5.82 Å². The number of hydrogen-bond donors (Lipinski definition) is 0. The largest absolute Gasteiger partial charge is 0.493 e. The average Bonchev–Trinajstić information content (AvgIpc) is 3.05. The Morgan fingerprint density at radius 1 is 0.958 bits per heavy atom. The lowest BCUT2D eigenvalue weighted by Crippen LogP contribution is -1.95. The molecule has 120 valence electrons. The minimum Gasteiger partial charge on any atom is -0.493 e. The Morgan fingerprint density at radius 3 is 2.58 bits per heavy atom. The maximum absolute atomic E-state index is 13.6.